The zero-order chi connectivity index (χ0) is 22.6. The van der Waals surface area contributed by atoms with Crippen LogP contribution in [0, 0.1) is 6.92 Å². The summed E-state index contributed by atoms with van der Waals surface area (Å²) in [6.07, 6.45) is 0. The van der Waals surface area contributed by atoms with Gasteiger partial charge in [0.05, 0.1) is 5.52 Å². The van der Waals surface area contributed by atoms with E-state index in [0.29, 0.717) is 17.9 Å². The number of nitrogens with one attached hydrogen (secondary N) is 2. The third-order valence-electron chi connectivity index (χ3n) is 4.95. The number of pyridine rings is 1. The summed E-state index contributed by atoms with van der Waals surface area (Å²) in [6.45, 7) is 5.25. The molecule has 2 amide bonds. The maximum absolute atomic E-state index is 12.4. The third kappa shape index (κ3) is 5.17. The maximum atomic E-state index is 12.4. The van der Waals surface area contributed by atoms with Crippen LogP contribution in [-0.2, 0) is 16.2 Å². The Morgan fingerprint density at radius 2 is 1.84 bits per heavy atom. The number of hydrogen-bond acceptors (Lipinski definition) is 6. The number of fused-ring (bicyclic) bond motifs is 1. The number of nitrogens with two attached hydrogens (primary N) is 1. The number of hydrogen-bond donors (Lipinski definition) is 4. The number of ether oxygens (including phenoxy) is 1. The summed E-state index contributed by atoms with van der Waals surface area (Å²) in [5, 5.41) is 12.3. The van der Waals surface area contributed by atoms with Crippen molar-refractivity contribution >= 4 is 22.7 Å². The van der Waals surface area contributed by atoms with Crippen LogP contribution >= 0.6 is 0 Å². The summed E-state index contributed by atoms with van der Waals surface area (Å²) in [7, 11) is 0. The van der Waals surface area contributed by atoms with E-state index in [2.05, 4.69) is 10.3 Å². The number of carbonyl (C=O) groups is 2. The Morgan fingerprint density at radius 3 is 2.52 bits per heavy atom. The summed E-state index contributed by atoms with van der Waals surface area (Å²) in [4.78, 5) is 28.6. The van der Waals surface area contributed by atoms with Crippen molar-refractivity contribution in [2.45, 2.75) is 39.0 Å². The molecule has 1 aromatic heterocycles. The van der Waals surface area contributed by atoms with Crippen LogP contribution in [-0.4, -0.2) is 27.5 Å². The summed E-state index contributed by atoms with van der Waals surface area (Å²) in [6, 6.07) is 15.8. The fraction of sp³-hybridized carbons (Fsp3) is 0.261. The van der Waals surface area contributed by atoms with Crippen molar-refractivity contribution in [1.82, 2.24) is 15.8 Å². The normalized spacial score (nSPS) is 12.3. The van der Waals surface area contributed by atoms with Gasteiger partial charge in [-0.05, 0) is 50.6 Å². The van der Waals surface area contributed by atoms with Crippen LogP contribution in [0.3, 0.4) is 0 Å². The standard InChI is InChI=1S/C23H26N4O4/c1-14-12-16(18-6-4-5-7-19(18)25-14)13-31-17-10-8-15(9-11-17)20(24)21(28)26-23(2,3)22(29)27-30/h4-12,20,30H,13,24H2,1-3H3,(H,26,28)(H,27,29). The molecular weight excluding hydrogens is 396 g/mol. The fourth-order valence-corrected chi connectivity index (χ4v) is 3.18. The van der Waals surface area contributed by atoms with Crippen LogP contribution in [0.25, 0.3) is 10.9 Å². The average molecular weight is 422 g/mol. The lowest BCUT2D eigenvalue weighted by atomic mass is 10.0. The van der Waals surface area contributed by atoms with Crippen molar-refractivity contribution in [2.75, 3.05) is 0 Å². The molecule has 0 bridgehead atoms. The number of carbonyl (C=O) groups excluding carboxylic acids is 2. The summed E-state index contributed by atoms with van der Waals surface area (Å²) in [5.41, 5.74) is 9.68. The van der Waals surface area contributed by atoms with Gasteiger partial charge >= 0.3 is 0 Å². The van der Waals surface area contributed by atoms with Gasteiger partial charge in [0.25, 0.3) is 5.91 Å². The molecule has 0 aliphatic carbocycles. The van der Waals surface area contributed by atoms with E-state index < -0.39 is 23.4 Å². The highest BCUT2D eigenvalue weighted by Crippen LogP contribution is 2.22. The van der Waals surface area contributed by atoms with Gasteiger partial charge in [-0.15, -0.1) is 0 Å². The maximum Gasteiger partial charge on any atom is 0.268 e. The Morgan fingerprint density at radius 1 is 1.16 bits per heavy atom. The van der Waals surface area contributed by atoms with E-state index in [1.54, 1.807) is 24.3 Å². The SMILES string of the molecule is Cc1cc(COc2ccc(C(N)C(=O)NC(C)(C)C(=O)NO)cc2)c2ccccc2n1. The molecule has 0 aliphatic rings. The predicted molar refractivity (Wildman–Crippen MR) is 116 cm³/mol. The van der Waals surface area contributed by atoms with E-state index in [9.17, 15) is 9.59 Å². The van der Waals surface area contributed by atoms with Crippen molar-refractivity contribution < 1.29 is 19.5 Å². The summed E-state index contributed by atoms with van der Waals surface area (Å²) < 4.78 is 5.93. The minimum absolute atomic E-state index is 0.375. The lowest BCUT2D eigenvalue weighted by molar-refractivity contribution is -0.138. The Labute approximate surface area is 180 Å². The van der Waals surface area contributed by atoms with Gasteiger partial charge in [0, 0.05) is 16.6 Å². The lowest BCUT2D eigenvalue weighted by Crippen LogP contribution is -2.55. The highest BCUT2D eigenvalue weighted by atomic mass is 16.5. The first-order valence-corrected chi connectivity index (χ1v) is 9.81. The second-order valence-electron chi connectivity index (χ2n) is 7.83. The highest BCUT2D eigenvalue weighted by Gasteiger charge is 2.31. The number of benzene rings is 2. The van der Waals surface area contributed by atoms with E-state index in [0.717, 1.165) is 22.2 Å². The number of amides is 2. The zero-order valence-electron chi connectivity index (χ0n) is 17.7. The topological polar surface area (TPSA) is 127 Å². The Balaban J connectivity index is 1.67. The van der Waals surface area contributed by atoms with Gasteiger partial charge in [0.2, 0.25) is 5.91 Å². The summed E-state index contributed by atoms with van der Waals surface area (Å²) >= 11 is 0. The minimum Gasteiger partial charge on any atom is -0.489 e. The van der Waals surface area contributed by atoms with Gasteiger partial charge in [-0.1, -0.05) is 30.3 Å². The van der Waals surface area contributed by atoms with Gasteiger partial charge in [-0.3, -0.25) is 19.8 Å². The molecule has 0 saturated carbocycles. The first-order valence-electron chi connectivity index (χ1n) is 9.81. The van der Waals surface area contributed by atoms with Gasteiger partial charge < -0.3 is 15.8 Å². The van der Waals surface area contributed by atoms with E-state index in [1.165, 1.54) is 19.3 Å². The molecule has 31 heavy (non-hydrogen) atoms. The Hall–Kier alpha value is -3.49. The minimum atomic E-state index is -1.31. The number of rotatable bonds is 7. The number of aromatic nitrogens is 1. The molecule has 1 unspecified atom stereocenters. The molecule has 2 aromatic carbocycles. The molecule has 1 atom stereocenters. The molecule has 0 radical (unpaired) electrons. The first-order chi connectivity index (χ1) is 14.7. The number of hydroxylamine groups is 1. The van der Waals surface area contributed by atoms with Crippen LogP contribution in [0.1, 0.15) is 36.7 Å². The number of nitrogens with zero attached hydrogens (tertiary/aromatic N) is 1. The van der Waals surface area contributed by atoms with Crippen molar-refractivity contribution in [3.63, 3.8) is 0 Å². The smallest absolute Gasteiger partial charge is 0.268 e. The second-order valence-corrected chi connectivity index (χ2v) is 7.83. The molecule has 0 fully saturated rings. The molecule has 0 aliphatic heterocycles. The quantitative estimate of drug-likeness (QED) is 0.342. The fourth-order valence-electron chi connectivity index (χ4n) is 3.18. The van der Waals surface area contributed by atoms with Gasteiger partial charge in [-0.25, -0.2) is 5.48 Å². The highest BCUT2D eigenvalue weighted by molar-refractivity contribution is 5.92. The van der Waals surface area contributed by atoms with Crippen molar-refractivity contribution in [3.8, 4) is 5.75 Å². The Bertz CT molecular complexity index is 1100. The van der Waals surface area contributed by atoms with E-state index in [4.69, 9.17) is 15.7 Å². The third-order valence-corrected chi connectivity index (χ3v) is 4.95. The van der Waals surface area contributed by atoms with E-state index in [1.807, 2.05) is 37.3 Å². The molecule has 3 aromatic rings. The van der Waals surface area contributed by atoms with Crippen LogP contribution in [0.5, 0.6) is 5.75 Å². The molecule has 0 saturated heterocycles. The molecular formula is C23H26N4O4. The summed E-state index contributed by atoms with van der Waals surface area (Å²) in [5.74, 6) is -0.647. The van der Waals surface area contributed by atoms with Crippen LogP contribution in [0.15, 0.2) is 54.6 Å². The molecule has 8 nitrogen and oxygen atoms in total. The van der Waals surface area contributed by atoms with Crippen LogP contribution < -0.4 is 21.3 Å². The van der Waals surface area contributed by atoms with E-state index >= 15 is 0 Å². The van der Waals surface area contributed by atoms with Crippen LogP contribution in [0.4, 0.5) is 0 Å². The number of para-hydroxylation sites is 1. The molecule has 5 N–H and O–H groups in total. The molecule has 3 rings (SSSR count). The van der Waals surface area contributed by atoms with Crippen molar-refractivity contribution in [1.29, 1.82) is 0 Å². The van der Waals surface area contributed by atoms with Gasteiger partial charge in [-0.2, -0.15) is 0 Å². The van der Waals surface area contributed by atoms with Gasteiger partial charge in [0.15, 0.2) is 0 Å². The van der Waals surface area contributed by atoms with Gasteiger partial charge in [0.1, 0.15) is 23.9 Å². The second kappa shape index (κ2) is 9.11. The lowest BCUT2D eigenvalue weighted by Gasteiger charge is -2.25. The first kappa shape index (κ1) is 22.2. The monoisotopic (exact) mass is 422 g/mol. The molecule has 0 spiro atoms. The number of aryl methyl sites for hydroxylation is 1. The molecule has 8 heteroatoms. The van der Waals surface area contributed by atoms with Crippen molar-refractivity contribution in [3.05, 3.63) is 71.4 Å². The Kier molecular flexibility index (Phi) is 6.53. The predicted octanol–water partition coefficient (Wildman–Crippen LogP) is 2.52. The van der Waals surface area contributed by atoms with E-state index in [-0.39, 0.29) is 0 Å². The largest absolute Gasteiger partial charge is 0.489 e. The zero-order valence-corrected chi connectivity index (χ0v) is 17.7. The average Bonchev–Trinajstić information content (AvgIpc) is 2.76. The molecule has 162 valence electrons. The van der Waals surface area contributed by atoms with Crippen molar-refractivity contribution in [2.24, 2.45) is 5.73 Å². The van der Waals surface area contributed by atoms with Crippen LogP contribution in [0.2, 0.25) is 0 Å². The molecule has 1 heterocycles.